The van der Waals surface area contributed by atoms with Gasteiger partial charge in [0.05, 0.1) is 0 Å². The highest BCUT2D eigenvalue weighted by atomic mass is 16.5. The molecule has 0 fully saturated rings. The Labute approximate surface area is 75.4 Å². The van der Waals surface area contributed by atoms with Crippen LogP contribution in [0.25, 0.3) is 6.08 Å². The zero-order valence-electron chi connectivity index (χ0n) is 6.81. The quantitative estimate of drug-likeness (QED) is 0.598. The lowest BCUT2D eigenvalue weighted by Gasteiger charge is -2.04. The monoisotopic (exact) mass is 173 g/mol. The molecule has 1 amide bonds. The van der Waals surface area contributed by atoms with Crippen molar-refractivity contribution in [3.05, 3.63) is 35.9 Å². The standard InChI is InChI=1S/C10H7NO2/c12-10-6-5-8-3-1-2-4-9(8)13-7-11-10/h1-7H/b6-5-,11-7?. The third-order valence-corrected chi connectivity index (χ3v) is 1.68. The Balaban J connectivity index is 2.47. The number of benzene rings is 1. The van der Waals surface area contributed by atoms with Gasteiger partial charge >= 0.3 is 0 Å². The molecule has 0 saturated carbocycles. The van der Waals surface area contributed by atoms with Crippen LogP contribution >= 0.6 is 0 Å². The average Bonchev–Trinajstić information content (AvgIpc) is 2.13. The second-order valence-corrected chi connectivity index (χ2v) is 2.56. The molecule has 1 aliphatic rings. The van der Waals surface area contributed by atoms with E-state index in [0.717, 1.165) is 12.0 Å². The molecule has 0 saturated heterocycles. The predicted octanol–water partition coefficient (Wildman–Crippen LogP) is 1.65. The van der Waals surface area contributed by atoms with Gasteiger partial charge < -0.3 is 4.74 Å². The van der Waals surface area contributed by atoms with Crippen LogP contribution in [0.4, 0.5) is 0 Å². The van der Waals surface area contributed by atoms with Gasteiger partial charge in [0.1, 0.15) is 5.75 Å². The van der Waals surface area contributed by atoms with Crippen LogP contribution in [-0.2, 0) is 4.79 Å². The van der Waals surface area contributed by atoms with E-state index in [0.29, 0.717) is 5.75 Å². The Morgan fingerprint density at radius 2 is 2.00 bits per heavy atom. The molecule has 0 bridgehead atoms. The van der Waals surface area contributed by atoms with Crippen LogP contribution in [-0.4, -0.2) is 12.3 Å². The summed E-state index contributed by atoms with van der Waals surface area (Å²) in [6.07, 6.45) is 4.26. The molecule has 0 aromatic heterocycles. The molecule has 0 radical (unpaired) electrons. The zero-order valence-corrected chi connectivity index (χ0v) is 6.81. The average molecular weight is 173 g/mol. The Morgan fingerprint density at radius 1 is 1.15 bits per heavy atom. The molecular weight excluding hydrogens is 166 g/mol. The minimum Gasteiger partial charge on any atom is -0.445 e. The van der Waals surface area contributed by atoms with Gasteiger partial charge in [-0.3, -0.25) is 4.79 Å². The fourth-order valence-electron chi connectivity index (χ4n) is 1.06. The van der Waals surface area contributed by atoms with Crippen molar-refractivity contribution in [2.24, 2.45) is 4.99 Å². The van der Waals surface area contributed by atoms with E-state index >= 15 is 0 Å². The number of aliphatic imine (C=N–C) groups is 1. The first kappa shape index (κ1) is 7.73. The first-order valence-corrected chi connectivity index (χ1v) is 3.86. The summed E-state index contributed by atoms with van der Waals surface area (Å²) in [6.45, 7) is 0. The summed E-state index contributed by atoms with van der Waals surface area (Å²) in [4.78, 5) is 14.4. The van der Waals surface area contributed by atoms with Crippen LogP contribution < -0.4 is 4.74 Å². The first-order valence-electron chi connectivity index (χ1n) is 3.86. The Morgan fingerprint density at radius 3 is 2.92 bits per heavy atom. The van der Waals surface area contributed by atoms with Gasteiger partial charge in [0.25, 0.3) is 5.91 Å². The highest BCUT2D eigenvalue weighted by molar-refractivity contribution is 5.97. The number of fused-ring (bicyclic) bond motifs is 1. The summed E-state index contributed by atoms with van der Waals surface area (Å²) in [5.74, 6) is 0.393. The molecule has 13 heavy (non-hydrogen) atoms. The van der Waals surface area contributed by atoms with Crippen molar-refractivity contribution in [3.63, 3.8) is 0 Å². The lowest BCUT2D eigenvalue weighted by Crippen LogP contribution is -1.98. The van der Waals surface area contributed by atoms with Crippen LogP contribution in [0.5, 0.6) is 5.75 Å². The second kappa shape index (κ2) is 3.23. The van der Waals surface area contributed by atoms with E-state index < -0.39 is 0 Å². The van der Waals surface area contributed by atoms with E-state index in [1.54, 1.807) is 6.08 Å². The molecule has 0 N–H and O–H groups in total. The SMILES string of the molecule is O=C1/C=C\c2ccccc2OC=N1. The normalized spacial score (nSPS) is 16.8. The Hall–Kier alpha value is -1.90. The van der Waals surface area contributed by atoms with Gasteiger partial charge in [0.2, 0.25) is 0 Å². The van der Waals surface area contributed by atoms with Gasteiger partial charge in [-0.25, -0.2) is 0 Å². The number of hydrogen-bond acceptors (Lipinski definition) is 2. The van der Waals surface area contributed by atoms with E-state index in [1.165, 1.54) is 6.08 Å². The maximum absolute atomic E-state index is 10.9. The molecule has 2 rings (SSSR count). The van der Waals surface area contributed by atoms with E-state index in [2.05, 4.69) is 4.99 Å². The van der Waals surface area contributed by atoms with Crippen LogP contribution in [0.15, 0.2) is 35.3 Å². The number of nitrogens with zero attached hydrogens (tertiary/aromatic N) is 1. The smallest absolute Gasteiger partial charge is 0.272 e. The summed E-state index contributed by atoms with van der Waals surface area (Å²) in [5, 5.41) is 0. The molecule has 1 heterocycles. The molecule has 0 spiro atoms. The van der Waals surface area contributed by atoms with E-state index in [1.807, 2.05) is 24.3 Å². The van der Waals surface area contributed by atoms with Gasteiger partial charge in [-0.1, -0.05) is 18.2 Å². The van der Waals surface area contributed by atoms with E-state index in [9.17, 15) is 4.79 Å². The minimum atomic E-state index is -0.311. The zero-order chi connectivity index (χ0) is 9.10. The van der Waals surface area contributed by atoms with Crippen LogP contribution in [0.3, 0.4) is 0 Å². The molecule has 3 nitrogen and oxygen atoms in total. The summed E-state index contributed by atoms with van der Waals surface area (Å²) in [5.41, 5.74) is 0.877. The molecule has 0 atom stereocenters. The largest absolute Gasteiger partial charge is 0.445 e. The van der Waals surface area contributed by atoms with Crippen molar-refractivity contribution >= 4 is 18.4 Å². The number of amides is 1. The number of ether oxygens (including phenoxy) is 1. The number of carbonyl (C=O) groups excluding carboxylic acids is 1. The van der Waals surface area contributed by atoms with Crippen molar-refractivity contribution in [1.29, 1.82) is 0 Å². The Kier molecular flexibility index (Phi) is 1.92. The molecule has 0 unspecified atom stereocenters. The molecule has 3 heteroatoms. The Bertz CT molecular complexity index is 394. The van der Waals surface area contributed by atoms with Crippen molar-refractivity contribution in [3.8, 4) is 5.75 Å². The van der Waals surface area contributed by atoms with E-state index in [-0.39, 0.29) is 5.91 Å². The molecule has 64 valence electrons. The van der Waals surface area contributed by atoms with Gasteiger partial charge in [0.15, 0.2) is 6.40 Å². The molecule has 1 aliphatic heterocycles. The van der Waals surface area contributed by atoms with Crippen molar-refractivity contribution in [2.75, 3.05) is 0 Å². The van der Waals surface area contributed by atoms with E-state index in [4.69, 9.17) is 4.74 Å². The number of para-hydroxylation sites is 1. The molecular formula is C10H7NO2. The molecule has 1 aromatic rings. The maximum atomic E-state index is 10.9. The third kappa shape index (κ3) is 1.64. The highest BCUT2D eigenvalue weighted by Crippen LogP contribution is 2.19. The second-order valence-electron chi connectivity index (χ2n) is 2.56. The van der Waals surface area contributed by atoms with Crippen LogP contribution in [0.1, 0.15) is 5.56 Å². The first-order chi connectivity index (χ1) is 6.36. The maximum Gasteiger partial charge on any atom is 0.272 e. The summed E-state index contributed by atoms with van der Waals surface area (Å²) in [7, 11) is 0. The van der Waals surface area contributed by atoms with Gasteiger partial charge in [-0.05, 0) is 12.1 Å². The highest BCUT2D eigenvalue weighted by Gasteiger charge is 2.01. The minimum absolute atomic E-state index is 0.311. The van der Waals surface area contributed by atoms with Crippen LogP contribution in [0.2, 0.25) is 0 Å². The van der Waals surface area contributed by atoms with Gasteiger partial charge in [-0.15, -0.1) is 0 Å². The summed E-state index contributed by atoms with van der Waals surface area (Å²) in [6, 6.07) is 7.44. The predicted molar refractivity (Wildman–Crippen MR) is 49.6 cm³/mol. The number of carbonyl (C=O) groups is 1. The van der Waals surface area contributed by atoms with Crippen molar-refractivity contribution < 1.29 is 9.53 Å². The van der Waals surface area contributed by atoms with Crippen LogP contribution in [0, 0.1) is 0 Å². The lowest BCUT2D eigenvalue weighted by atomic mass is 10.2. The van der Waals surface area contributed by atoms with Crippen molar-refractivity contribution in [2.45, 2.75) is 0 Å². The number of rotatable bonds is 0. The fraction of sp³-hybridized carbons (Fsp3) is 0. The fourth-order valence-corrected chi connectivity index (χ4v) is 1.06. The number of hydrogen-bond donors (Lipinski definition) is 0. The lowest BCUT2D eigenvalue weighted by molar-refractivity contribution is -0.113. The summed E-state index contributed by atoms with van der Waals surface area (Å²) >= 11 is 0. The molecule has 1 aromatic carbocycles. The van der Waals surface area contributed by atoms with Crippen molar-refractivity contribution in [1.82, 2.24) is 0 Å². The topological polar surface area (TPSA) is 38.7 Å². The molecule has 0 aliphatic carbocycles. The van der Waals surface area contributed by atoms with Gasteiger partial charge in [0, 0.05) is 11.6 Å². The summed E-state index contributed by atoms with van der Waals surface area (Å²) < 4.78 is 5.14. The third-order valence-electron chi connectivity index (χ3n) is 1.68. The van der Waals surface area contributed by atoms with Gasteiger partial charge in [-0.2, -0.15) is 4.99 Å².